The van der Waals surface area contributed by atoms with Crippen molar-refractivity contribution < 1.29 is 22.7 Å². The fraction of sp³-hybridized carbons (Fsp3) is 0.500. The van der Waals surface area contributed by atoms with Crippen LogP contribution in [0.5, 0.6) is 0 Å². The predicted molar refractivity (Wildman–Crippen MR) is 64.5 cm³/mol. The maximum absolute atomic E-state index is 13.3. The molecule has 0 aliphatic heterocycles. The highest BCUT2D eigenvalue weighted by Crippen LogP contribution is 2.24. The first-order valence-electron chi connectivity index (χ1n) is 5.61. The zero-order chi connectivity index (χ0) is 14.6. The third-order valence-electron chi connectivity index (χ3n) is 2.55. The third kappa shape index (κ3) is 5.34. The second-order valence-electron chi connectivity index (χ2n) is 4.30. The van der Waals surface area contributed by atoms with E-state index in [2.05, 4.69) is 5.32 Å². The molecular formula is C12H14ClF4NO. The van der Waals surface area contributed by atoms with Crippen molar-refractivity contribution in [1.82, 2.24) is 5.32 Å². The number of benzene rings is 1. The molecule has 0 saturated carbocycles. The summed E-state index contributed by atoms with van der Waals surface area (Å²) in [5.41, 5.74) is 0.346. The summed E-state index contributed by atoms with van der Waals surface area (Å²) in [4.78, 5) is 0. The maximum Gasteiger partial charge on any atom is 0.390 e. The van der Waals surface area contributed by atoms with E-state index >= 15 is 0 Å². The number of alkyl halides is 3. The molecule has 0 saturated heterocycles. The quantitative estimate of drug-likeness (QED) is 0.816. The Morgan fingerprint density at radius 1 is 1.37 bits per heavy atom. The van der Waals surface area contributed by atoms with E-state index in [-0.39, 0.29) is 5.02 Å². The lowest BCUT2D eigenvalue weighted by Crippen LogP contribution is -2.35. The Balaban J connectivity index is 2.75. The number of hydrogen-bond acceptors (Lipinski definition) is 2. The predicted octanol–water partition coefficient (Wildman–Crippen LogP) is 3.44. The first kappa shape index (κ1) is 16.2. The van der Waals surface area contributed by atoms with Gasteiger partial charge in [-0.3, -0.25) is 0 Å². The molecule has 2 unspecified atom stereocenters. The molecule has 1 aromatic carbocycles. The molecule has 0 aromatic heterocycles. The van der Waals surface area contributed by atoms with Crippen LogP contribution in [0.1, 0.15) is 24.9 Å². The number of nitrogens with one attached hydrogen (secondary N) is 1. The van der Waals surface area contributed by atoms with Gasteiger partial charge in [-0.1, -0.05) is 17.7 Å². The van der Waals surface area contributed by atoms with E-state index in [0.29, 0.717) is 5.56 Å². The zero-order valence-electron chi connectivity index (χ0n) is 10.1. The van der Waals surface area contributed by atoms with Crippen molar-refractivity contribution in [2.45, 2.75) is 31.6 Å². The summed E-state index contributed by atoms with van der Waals surface area (Å²) < 4.78 is 49.9. The van der Waals surface area contributed by atoms with Crippen LogP contribution in [-0.2, 0) is 0 Å². The molecule has 7 heteroatoms. The summed E-state index contributed by atoms with van der Waals surface area (Å²) in [7, 11) is 0. The Hall–Kier alpha value is -0.850. The van der Waals surface area contributed by atoms with Gasteiger partial charge in [0.15, 0.2) is 0 Å². The van der Waals surface area contributed by atoms with Gasteiger partial charge in [0.25, 0.3) is 0 Å². The van der Waals surface area contributed by atoms with Crippen LogP contribution in [0.2, 0.25) is 5.02 Å². The fourth-order valence-electron chi connectivity index (χ4n) is 1.73. The molecule has 2 nitrogen and oxygen atoms in total. The molecule has 108 valence electrons. The largest absolute Gasteiger partial charge is 0.394 e. The molecule has 1 aromatic rings. The van der Waals surface area contributed by atoms with Crippen LogP contribution >= 0.6 is 11.6 Å². The third-order valence-corrected chi connectivity index (χ3v) is 2.86. The Labute approximate surface area is 113 Å². The molecule has 2 N–H and O–H groups in total. The average molecular weight is 300 g/mol. The van der Waals surface area contributed by atoms with Gasteiger partial charge in [0.05, 0.1) is 24.1 Å². The molecule has 0 fully saturated rings. The highest BCUT2D eigenvalue weighted by molar-refractivity contribution is 6.30. The van der Waals surface area contributed by atoms with Crippen LogP contribution < -0.4 is 5.32 Å². The molecule has 19 heavy (non-hydrogen) atoms. The second-order valence-corrected chi connectivity index (χ2v) is 4.70. The van der Waals surface area contributed by atoms with Gasteiger partial charge in [-0.05, 0) is 24.6 Å². The highest BCUT2D eigenvalue weighted by Gasteiger charge is 2.30. The van der Waals surface area contributed by atoms with Gasteiger partial charge in [0.1, 0.15) is 5.82 Å². The van der Waals surface area contributed by atoms with Gasteiger partial charge in [-0.2, -0.15) is 13.2 Å². The van der Waals surface area contributed by atoms with Crippen molar-refractivity contribution >= 4 is 11.6 Å². The van der Waals surface area contributed by atoms with Gasteiger partial charge in [0.2, 0.25) is 0 Å². The van der Waals surface area contributed by atoms with E-state index in [1.54, 1.807) is 0 Å². The lowest BCUT2D eigenvalue weighted by molar-refractivity contribution is -0.139. The Morgan fingerprint density at radius 3 is 2.47 bits per heavy atom. The van der Waals surface area contributed by atoms with E-state index in [4.69, 9.17) is 11.6 Å². The summed E-state index contributed by atoms with van der Waals surface area (Å²) in [5, 5.41) is 11.7. The Kier molecular flexibility index (Phi) is 5.58. The van der Waals surface area contributed by atoms with Gasteiger partial charge in [0, 0.05) is 6.04 Å². The summed E-state index contributed by atoms with van der Waals surface area (Å²) in [6, 6.07) is 2.18. The van der Waals surface area contributed by atoms with Crippen molar-refractivity contribution in [2.24, 2.45) is 0 Å². The lowest BCUT2D eigenvalue weighted by Gasteiger charge is -2.23. The number of rotatable bonds is 5. The van der Waals surface area contributed by atoms with Gasteiger partial charge < -0.3 is 10.4 Å². The molecule has 0 aliphatic rings. The summed E-state index contributed by atoms with van der Waals surface area (Å²) in [6.45, 7) is 0.908. The van der Waals surface area contributed by atoms with Gasteiger partial charge >= 0.3 is 6.18 Å². The van der Waals surface area contributed by atoms with E-state index < -0.39 is 37.1 Å². The highest BCUT2D eigenvalue weighted by atomic mass is 35.5. The molecule has 0 amide bonds. The number of aliphatic hydroxyl groups is 1. The van der Waals surface area contributed by atoms with Crippen LogP contribution in [-0.4, -0.2) is 23.9 Å². The molecule has 0 aliphatic carbocycles. The normalized spacial score (nSPS) is 15.3. The van der Waals surface area contributed by atoms with Crippen LogP contribution in [0.3, 0.4) is 0 Å². The second kappa shape index (κ2) is 6.54. The van der Waals surface area contributed by atoms with Crippen LogP contribution in [0.25, 0.3) is 0 Å². The first-order valence-corrected chi connectivity index (χ1v) is 5.99. The number of halogens is 5. The van der Waals surface area contributed by atoms with Crippen molar-refractivity contribution in [2.75, 3.05) is 6.61 Å². The lowest BCUT2D eigenvalue weighted by atomic mass is 10.1. The molecule has 0 bridgehead atoms. The number of aliphatic hydroxyl groups excluding tert-OH is 1. The van der Waals surface area contributed by atoms with Crippen molar-refractivity contribution in [3.63, 3.8) is 0 Å². The first-order chi connectivity index (χ1) is 8.73. The van der Waals surface area contributed by atoms with Crippen molar-refractivity contribution in [3.05, 3.63) is 34.6 Å². The summed E-state index contributed by atoms with van der Waals surface area (Å²) >= 11 is 5.51. The minimum atomic E-state index is -4.29. The monoisotopic (exact) mass is 299 g/mol. The molecule has 0 radical (unpaired) electrons. The molecule has 2 atom stereocenters. The SMILES string of the molecule is CC(CC(F)(F)F)NC(CO)c1ccc(Cl)c(F)c1. The maximum atomic E-state index is 13.3. The van der Waals surface area contributed by atoms with E-state index in [1.807, 2.05) is 0 Å². The minimum Gasteiger partial charge on any atom is -0.394 e. The smallest absolute Gasteiger partial charge is 0.390 e. The molecule has 1 rings (SSSR count). The topological polar surface area (TPSA) is 32.3 Å². The van der Waals surface area contributed by atoms with Crippen molar-refractivity contribution in [3.8, 4) is 0 Å². The minimum absolute atomic E-state index is 0.0798. The van der Waals surface area contributed by atoms with E-state index in [1.165, 1.54) is 19.1 Å². The Morgan fingerprint density at radius 2 is 2.00 bits per heavy atom. The standard InChI is InChI=1S/C12H14ClF4NO/c1-7(5-12(15,16)17)18-11(6-19)8-2-3-9(13)10(14)4-8/h2-4,7,11,18-19H,5-6H2,1H3. The van der Waals surface area contributed by atoms with Gasteiger partial charge in [-0.25, -0.2) is 4.39 Å². The zero-order valence-corrected chi connectivity index (χ0v) is 10.9. The Bertz CT molecular complexity index is 425. The number of hydrogen-bond donors (Lipinski definition) is 2. The summed E-state index contributed by atoms with van der Waals surface area (Å²) in [6.07, 6.45) is -5.32. The molecule has 0 heterocycles. The molecular weight excluding hydrogens is 286 g/mol. The molecule has 0 spiro atoms. The van der Waals surface area contributed by atoms with Gasteiger partial charge in [-0.15, -0.1) is 0 Å². The van der Waals surface area contributed by atoms with Crippen LogP contribution in [0.4, 0.5) is 17.6 Å². The van der Waals surface area contributed by atoms with Crippen LogP contribution in [0.15, 0.2) is 18.2 Å². The van der Waals surface area contributed by atoms with E-state index in [0.717, 1.165) is 6.07 Å². The average Bonchev–Trinajstić information content (AvgIpc) is 2.27. The summed E-state index contributed by atoms with van der Waals surface area (Å²) in [5.74, 6) is -0.678. The fourth-order valence-corrected chi connectivity index (χ4v) is 1.85. The van der Waals surface area contributed by atoms with Crippen molar-refractivity contribution in [1.29, 1.82) is 0 Å². The van der Waals surface area contributed by atoms with E-state index in [9.17, 15) is 22.7 Å². The van der Waals surface area contributed by atoms with Crippen LogP contribution in [0, 0.1) is 5.82 Å².